The molecule has 0 aliphatic heterocycles. The summed E-state index contributed by atoms with van der Waals surface area (Å²) in [6.45, 7) is 1.89. The van der Waals surface area contributed by atoms with Crippen molar-refractivity contribution in [3.63, 3.8) is 0 Å². The first-order valence-corrected chi connectivity index (χ1v) is 6.11. The summed E-state index contributed by atoms with van der Waals surface area (Å²) in [7, 11) is 0. The van der Waals surface area contributed by atoms with Gasteiger partial charge in [-0.1, -0.05) is 11.6 Å². The molecule has 2 aromatic heterocycles. The number of carboxylic acids is 1. The van der Waals surface area contributed by atoms with E-state index in [1.807, 2.05) is 6.92 Å². The summed E-state index contributed by atoms with van der Waals surface area (Å²) in [6.07, 6.45) is 4.67. The van der Waals surface area contributed by atoms with Crippen molar-refractivity contribution >= 4 is 29.3 Å². The third kappa shape index (κ3) is 2.96. The number of aryl methyl sites for hydroxylation is 1. The molecular formula is C11H8ClN3O2S. The SMILES string of the molecule is Cc1cnc(Sc2cc(C(=O)O)c(Cl)cn2)nc1. The van der Waals surface area contributed by atoms with Crippen molar-refractivity contribution in [2.45, 2.75) is 17.1 Å². The standard InChI is InChI=1S/C11H8ClN3O2S/c1-6-3-14-11(15-4-6)18-9-2-7(10(16)17)8(12)5-13-9/h2-5H,1H3,(H,16,17). The van der Waals surface area contributed by atoms with E-state index in [2.05, 4.69) is 15.0 Å². The van der Waals surface area contributed by atoms with E-state index in [0.717, 1.165) is 5.56 Å². The maximum absolute atomic E-state index is 10.9. The molecule has 18 heavy (non-hydrogen) atoms. The van der Waals surface area contributed by atoms with Gasteiger partial charge in [0, 0.05) is 18.6 Å². The average molecular weight is 282 g/mol. The lowest BCUT2D eigenvalue weighted by Gasteiger charge is -2.02. The second-order valence-electron chi connectivity index (χ2n) is 3.45. The Balaban J connectivity index is 2.27. The highest BCUT2D eigenvalue weighted by Gasteiger charge is 2.11. The van der Waals surface area contributed by atoms with E-state index in [1.54, 1.807) is 12.4 Å². The van der Waals surface area contributed by atoms with Gasteiger partial charge in [-0.25, -0.2) is 19.7 Å². The first kappa shape index (κ1) is 12.8. The molecule has 2 aromatic rings. The zero-order valence-electron chi connectivity index (χ0n) is 9.29. The van der Waals surface area contributed by atoms with Crippen LogP contribution >= 0.6 is 23.4 Å². The molecule has 1 N–H and O–H groups in total. The van der Waals surface area contributed by atoms with Crippen molar-refractivity contribution in [3.05, 3.63) is 40.8 Å². The quantitative estimate of drug-likeness (QED) is 0.872. The topological polar surface area (TPSA) is 76.0 Å². The van der Waals surface area contributed by atoms with Crippen LogP contribution in [0.2, 0.25) is 5.02 Å². The molecule has 0 aliphatic rings. The Morgan fingerprint density at radius 2 is 1.94 bits per heavy atom. The molecule has 2 rings (SSSR count). The molecule has 0 unspecified atom stereocenters. The fourth-order valence-electron chi connectivity index (χ4n) is 1.17. The summed E-state index contributed by atoms with van der Waals surface area (Å²) in [4.78, 5) is 23.1. The van der Waals surface area contributed by atoms with Crippen LogP contribution < -0.4 is 0 Å². The molecule has 0 radical (unpaired) electrons. The number of pyridine rings is 1. The molecule has 7 heteroatoms. The van der Waals surface area contributed by atoms with Crippen molar-refractivity contribution in [2.75, 3.05) is 0 Å². The van der Waals surface area contributed by atoms with Crippen molar-refractivity contribution in [1.29, 1.82) is 0 Å². The summed E-state index contributed by atoms with van der Waals surface area (Å²) < 4.78 is 0. The van der Waals surface area contributed by atoms with Crippen LogP contribution in [0.3, 0.4) is 0 Å². The fourth-order valence-corrected chi connectivity index (χ4v) is 2.03. The normalized spacial score (nSPS) is 10.3. The molecule has 0 aromatic carbocycles. The zero-order valence-corrected chi connectivity index (χ0v) is 10.9. The molecule has 0 atom stereocenters. The maximum Gasteiger partial charge on any atom is 0.337 e. The largest absolute Gasteiger partial charge is 0.478 e. The lowest BCUT2D eigenvalue weighted by Crippen LogP contribution is -1.99. The van der Waals surface area contributed by atoms with Gasteiger partial charge in [0.05, 0.1) is 10.6 Å². The van der Waals surface area contributed by atoms with E-state index >= 15 is 0 Å². The molecule has 0 saturated heterocycles. The zero-order chi connectivity index (χ0) is 13.1. The second kappa shape index (κ2) is 5.32. The van der Waals surface area contributed by atoms with E-state index in [-0.39, 0.29) is 10.6 Å². The van der Waals surface area contributed by atoms with Gasteiger partial charge in [0.25, 0.3) is 0 Å². The van der Waals surface area contributed by atoms with Gasteiger partial charge < -0.3 is 5.11 Å². The van der Waals surface area contributed by atoms with E-state index in [9.17, 15) is 4.79 Å². The lowest BCUT2D eigenvalue weighted by atomic mass is 10.3. The maximum atomic E-state index is 10.9. The van der Waals surface area contributed by atoms with Gasteiger partial charge in [-0.05, 0) is 30.3 Å². The highest BCUT2D eigenvalue weighted by molar-refractivity contribution is 7.99. The first-order chi connectivity index (χ1) is 8.56. The van der Waals surface area contributed by atoms with E-state index < -0.39 is 5.97 Å². The smallest absolute Gasteiger partial charge is 0.337 e. The van der Waals surface area contributed by atoms with Crippen molar-refractivity contribution in [1.82, 2.24) is 15.0 Å². The molecule has 0 saturated carbocycles. The molecular weight excluding hydrogens is 274 g/mol. The van der Waals surface area contributed by atoms with Crippen LogP contribution in [0.25, 0.3) is 0 Å². The van der Waals surface area contributed by atoms with Crippen LogP contribution in [-0.4, -0.2) is 26.0 Å². The van der Waals surface area contributed by atoms with Gasteiger partial charge in [0.1, 0.15) is 5.03 Å². The summed E-state index contributed by atoms with van der Waals surface area (Å²) in [5, 5.41) is 10.0. The summed E-state index contributed by atoms with van der Waals surface area (Å²) in [6, 6.07) is 1.40. The number of nitrogens with zero attached hydrogens (tertiary/aromatic N) is 3. The van der Waals surface area contributed by atoms with Crippen molar-refractivity contribution in [2.24, 2.45) is 0 Å². The minimum Gasteiger partial charge on any atom is -0.478 e. The number of carbonyl (C=O) groups is 1. The number of aromatic carboxylic acids is 1. The Bertz CT molecular complexity index is 589. The van der Waals surface area contributed by atoms with Crippen LogP contribution in [0, 0.1) is 6.92 Å². The van der Waals surface area contributed by atoms with Gasteiger partial charge in [-0.15, -0.1) is 0 Å². The predicted molar refractivity (Wildman–Crippen MR) is 67.1 cm³/mol. The highest BCUT2D eigenvalue weighted by Crippen LogP contribution is 2.25. The molecule has 92 valence electrons. The third-order valence-electron chi connectivity index (χ3n) is 2.01. The number of hydrogen-bond acceptors (Lipinski definition) is 5. The summed E-state index contributed by atoms with van der Waals surface area (Å²) in [5.74, 6) is -1.09. The summed E-state index contributed by atoms with van der Waals surface area (Å²) in [5.41, 5.74) is 0.968. The van der Waals surface area contributed by atoms with Crippen LogP contribution in [0.4, 0.5) is 0 Å². The fraction of sp³-hybridized carbons (Fsp3) is 0.0909. The Morgan fingerprint density at radius 1 is 1.28 bits per heavy atom. The number of aromatic nitrogens is 3. The molecule has 0 amide bonds. The number of hydrogen-bond donors (Lipinski definition) is 1. The Kier molecular flexibility index (Phi) is 3.78. The van der Waals surface area contributed by atoms with E-state index in [4.69, 9.17) is 16.7 Å². The molecule has 0 fully saturated rings. The highest BCUT2D eigenvalue weighted by atomic mass is 35.5. The van der Waals surface area contributed by atoms with Gasteiger partial charge in [0.2, 0.25) is 0 Å². The van der Waals surface area contributed by atoms with Gasteiger partial charge in [-0.3, -0.25) is 0 Å². The van der Waals surface area contributed by atoms with Crippen LogP contribution in [0.15, 0.2) is 34.8 Å². The minimum absolute atomic E-state index is 0.0151. The molecule has 0 spiro atoms. The monoisotopic (exact) mass is 281 g/mol. The molecule has 0 aliphatic carbocycles. The average Bonchev–Trinajstić information content (AvgIpc) is 2.34. The number of halogens is 1. The predicted octanol–water partition coefficient (Wildman–Crippen LogP) is 2.68. The minimum atomic E-state index is -1.09. The van der Waals surface area contributed by atoms with E-state index in [1.165, 1.54) is 24.0 Å². The van der Waals surface area contributed by atoms with Crippen LogP contribution in [0.5, 0.6) is 0 Å². The molecule has 2 heterocycles. The van der Waals surface area contributed by atoms with Gasteiger partial charge in [0.15, 0.2) is 5.16 Å². The van der Waals surface area contributed by atoms with Crippen molar-refractivity contribution in [3.8, 4) is 0 Å². The lowest BCUT2D eigenvalue weighted by molar-refractivity contribution is 0.0696. The first-order valence-electron chi connectivity index (χ1n) is 4.91. The summed E-state index contributed by atoms with van der Waals surface area (Å²) >= 11 is 6.91. The third-order valence-corrected chi connectivity index (χ3v) is 3.14. The van der Waals surface area contributed by atoms with Crippen LogP contribution in [0.1, 0.15) is 15.9 Å². The Morgan fingerprint density at radius 3 is 2.56 bits per heavy atom. The Labute approximate surface area is 112 Å². The number of rotatable bonds is 3. The van der Waals surface area contributed by atoms with E-state index in [0.29, 0.717) is 10.2 Å². The van der Waals surface area contributed by atoms with Gasteiger partial charge >= 0.3 is 5.97 Å². The van der Waals surface area contributed by atoms with Gasteiger partial charge in [-0.2, -0.15) is 0 Å². The van der Waals surface area contributed by atoms with Crippen molar-refractivity contribution < 1.29 is 9.90 Å². The number of carboxylic acid groups (broad SMARTS) is 1. The Hall–Kier alpha value is -1.66. The molecule has 5 nitrogen and oxygen atoms in total. The molecule has 0 bridgehead atoms. The second-order valence-corrected chi connectivity index (χ2v) is 4.85. The van der Waals surface area contributed by atoms with Crippen LogP contribution in [-0.2, 0) is 0 Å².